The Bertz CT molecular complexity index is 382. The monoisotopic (exact) mass is 273 g/mol. The summed E-state index contributed by atoms with van der Waals surface area (Å²) >= 11 is 0. The first-order valence-corrected chi connectivity index (χ1v) is 5.76. The van der Waals surface area contributed by atoms with Gasteiger partial charge in [-0.3, -0.25) is 0 Å². The predicted molar refractivity (Wildman–Crippen MR) is 73.0 cm³/mol. The second kappa shape index (κ2) is 6.16. The first kappa shape index (κ1) is 14.9. The second-order valence-corrected chi connectivity index (χ2v) is 4.32. The van der Waals surface area contributed by atoms with Crippen molar-refractivity contribution in [3.05, 3.63) is 17.7 Å². The van der Waals surface area contributed by atoms with Crippen molar-refractivity contribution in [3.63, 3.8) is 0 Å². The Morgan fingerprint density at radius 2 is 1.56 bits per heavy atom. The zero-order valence-corrected chi connectivity index (χ0v) is 11.8. The fourth-order valence-electron chi connectivity index (χ4n) is 2.02. The molecular weight excluding hydrogens is 254 g/mol. The number of benzene rings is 1. The van der Waals surface area contributed by atoms with Gasteiger partial charge in [-0.15, -0.1) is 12.4 Å². The van der Waals surface area contributed by atoms with Gasteiger partial charge in [-0.25, -0.2) is 0 Å². The van der Waals surface area contributed by atoms with Crippen molar-refractivity contribution in [2.24, 2.45) is 11.7 Å². The highest BCUT2D eigenvalue weighted by Gasteiger charge is 2.30. The van der Waals surface area contributed by atoms with Gasteiger partial charge in [-0.2, -0.15) is 0 Å². The summed E-state index contributed by atoms with van der Waals surface area (Å²) in [6, 6.07) is 3.93. The van der Waals surface area contributed by atoms with E-state index in [4.69, 9.17) is 19.9 Å². The van der Waals surface area contributed by atoms with Crippen LogP contribution in [0.1, 0.15) is 24.4 Å². The zero-order valence-electron chi connectivity index (χ0n) is 10.9. The Hall–Kier alpha value is -1.13. The van der Waals surface area contributed by atoms with Crippen molar-refractivity contribution in [3.8, 4) is 17.2 Å². The Labute approximate surface area is 114 Å². The van der Waals surface area contributed by atoms with Crippen LogP contribution in [-0.2, 0) is 0 Å². The van der Waals surface area contributed by atoms with Crippen LogP contribution >= 0.6 is 12.4 Å². The van der Waals surface area contributed by atoms with E-state index in [0.29, 0.717) is 23.2 Å². The Balaban J connectivity index is 0.00000162. The molecule has 0 heterocycles. The van der Waals surface area contributed by atoms with Gasteiger partial charge in [-0.1, -0.05) is 0 Å². The van der Waals surface area contributed by atoms with E-state index < -0.39 is 0 Å². The number of methoxy groups -OCH3 is 3. The van der Waals surface area contributed by atoms with Gasteiger partial charge in [0.1, 0.15) is 0 Å². The molecule has 0 aromatic heterocycles. The van der Waals surface area contributed by atoms with Crippen molar-refractivity contribution >= 4 is 12.4 Å². The third kappa shape index (κ3) is 2.82. The van der Waals surface area contributed by atoms with Gasteiger partial charge in [0.2, 0.25) is 5.75 Å². The lowest BCUT2D eigenvalue weighted by Crippen LogP contribution is -2.12. The molecule has 0 amide bonds. The summed E-state index contributed by atoms with van der Waals surface area (Å²) < 4.78 is 15.9. The zero-order chi connectivity index (χ0) is 12.4. The fourth-order valence-corrected chi connectivity index (χ4v) is 2.02. The van der Waals surface area contributed by atoms with E-state index in [-0.39, 0.29) is 18.4 Å². The third-order valence-electron chi connectivity index (χ3n) is 3.20. The molecule has 0 radical (unpaired) electrons. The Kier molecular flexibility index (Phi) is 5.11. The van der Waals surface area contributed by atoms with Crippen LogP contribution in [0, 0.1) is 5.92 Å². The summed E-state index contributed by atoms with van der Waals surface area (Å²) in [5.41, 5.74) is 7.23. The average molecular weight is 274 g/mol. The van der Waals surface area contributed by atoms with Crippen LogP contribution in [0.25, 0.3) is 0 Å². The minimum Gasteiger partial charge on any atom is -0.493 e. The number of nitrogens with two attached hydrogens (primary N) is 1. The molecule has 0 saturated heterocycles. The standard InChI is InChI=1S/C13H19NO3.ClH/c1-15-10-6-9(12(14)8-4-5-8)7-11(16-2)13(10)17-3;/h6-8,12H,4-5,14H2,1-3H3;1H/t12-;/m1./s1. The molecule has 18 heavy (non-hydrogen) atoms. The summed E-state index contributed by atoms with van der Waals surface area (Å²) in [5, 5.41) is 0. The molecule has 0 spiro atoms. The maximum Gasteiger partial charge on any atom is 0.203 e. The maximum atomic E-state index is 6.19. The van der Waals surface area contributed by atoms with Gasteiger partial charge in [0.25, 0.3) is 0 Å². The van der Waals surface area contributed by atoms with Gasteiger partial charge in [0.05, 0.1) is 21.3 Å². The first-order valence-electron chi connectivity index (χ1n) is 5.76. The second-order valence-electron chi connectivity index (χ2n) is 4.32. The molecule has 0 bridgehead atoms. The van der Waals surface area contributed by atoms with Crippen LogP contribution in [-0.4, -0.2) is 21.3 Å². The predicted octanol–water partition coefficient (Wildman–Crippen LogP) is 2.54. The maximum absolute atomic E-state index is 6.19. The molecule has 1 aromatic carbocycles. The van der Waals surface area contributed by atoms with E-state index in [1.165, 1.54) is 12.8 Å². The van der Waals surface area contributed by atoms with E-state index in [9.17, 15) is 0 Å². The van der Waals surface area contributed by atoms with Crippen LogP contribution in [0.2, 0.25) is 0 Å². The molecule has 1 aromatic rings. The fraction of sp³-hybridized carbons (Fsp3) is 0.538. The molecule has 0 aliphatic heterocycles. The summed E-state index contributed by atoms with van der Waals surface area (Å²) in [4.78, 5) is 0. The van der Waals surface area contributed by atoms with Crippen LogP contribution in [0.4, 0.5) is 0 Å². The van der Waals surface area contributed by atoms with E-state index in [0.717, 1.165) is 5.56 Å². The molecule has 1 fully saturated rings. The lowest BCUT2D eigenvalue weighted by molar-refractivity contribution is 0.323. The smallest absolute Gasteiger partial charge is 0.203 e. The van der Waals surface area contributed by atoms with Crippen molar-refractivity contribution in [2.75, 3.05) is 21.3 Å². The van der Waals surface area contributed by atoms with Crippen LogP contribution in [0.15, 0.2) is 12.1 Å². The molecular formula is C13H20ClNO3. The number of rotatable bonds is 5. The topological polar surface area (TPSA) is 53.7 Å². The summed E-state index contributed by atoms with van der Waals surface area (Å²) in [6.07, 6.45) is 2.41. The lowest BCUT2D eigenvalue weighted by Gasteiger charge is -2.17. The molecule has 1 aliphatic carbocycles. The van der Waals surface area contributed by atoms with Crippen molar-refractivity contribution < 1.29 is 14.2 Å². The van der Waals surface area contributed by atoms with E-state index in [1.54, 1.807) is 21.3 Å². The van der Waals surface area contributed by atoms with Crippen LogP contribution in [0.3, 0.4) is 0 Å². The van der Waals surface area contributed by atoms with E-state index >= 15 is 0 Å². The summed E-state index contributed by atoms with van der Waals surface area (Å²) in [7, 11) is 4.83. The molecule has 1 atom stereocenters. The van der Waals surface area contributed by atoms with Crippen LogP contribution < -0.4 is 19.9 Å². The molecule has 2 rings (SSSR count). The minimum atomic E-state index is 0. The summed E-state index contributed by atoms with van der Waals surface area (Å²) in [5.74, 6) is 2.54. The quantitative estimate of drug-likeness (QED) is 0.896. The van der Waals surface area contributed by atoms with E-state index in [2.05, 4.69) is 0 Å². The van der Waals surface area contributed by atoms with Crippen LogP contribution in [0.5, 0.6) is 17.2 Å². The Morgan fingerprint density at radius 3 is 1.89 bits per heavy atom. The van der Waals surface area contributed by atoms with Gasteiger partial charge in [0.15, 0.2) is 11.5 Å². The van der Waals surface area contributed by atoms with Crippen molar-refractivity contribution in [1.82, 2.24) is 0 Å². The molecule has 1 aliphatic rings. The lowest BCUT2D eigenvalue weighted by atomic mass is 10.0. The molecule has 1 saturated carbocycles. The number of ether oxygens (including phenoxy) is 3. The Morgan fingerprint density at radius 1 is 1.06 bits per heavy atom. The van der Waals surface area contributed by atoms with E-state index in [1.807, 2.05) is 12.1 Å². The molecule has 102 valence electrons. The largest absolute Gasteiger partial charge is 0.493 e. The first-order chi connectivity index (χ1) is 8.21. The highest BCUT2D eigenvalue weighted by atomic mass is 35.5. The van der Waals surface area contributed by atoms with Crippen molar-refractivity contribution in [1.29, 1.82) is 0 Å². The highest BCUT2D eigenvalue weighted by molar-refractivity contribution is 5.85. The number of hydrogen-bond donors (Lipinski definition) is 1. The molecule has 5 heteroatoms. The summed E-state index contributed by atoms with van der Waals surface area (Å²) in [6.45, 7) is 0. The van der Waals surface area contributed by atoms with Gasteiger partial charge in [-0.05, 0) is 36.5 Å². The third-order valence-corrected chi connectivity index (χ3v) is 3.20. The number of hydrogen-bond acceptors (Lipinski definition) is 4. The molecule has 4 nitrogen and oxygen atoms in total. The molecule has 2 N–H and O–H groups in total. The van der Waals surface area contributed by atoms with Crippen molar-refractivity contribution in [2.45, 2.75) is 18.9 Å². The van der Waals surface area contributed by atoms with Gasteiger partial charge in [0, 0.05) is 6.04 Å². The average Bonchev–Trinajstić information content (AvgIpc) is 3.20. The number of halogens is 1. The normalized spacial score (nSPS) is 15.6. The molecule has 0 unspecified atom stereocenters. The SMILES string of the molecule is COc1cc([C@H](N)C2CC2)cc(OC)c1OC.Cl. The van der Waals surface area contributed by atoms with Gasteiger partial charge < -0.3 is 19.9 Å². The minimum absolute atomic E-state index is 0. The highest BCUT2D eigenvalue weighted by Crippen LogP contribution is 2.44. The van der Waals surface area contributed by atoms with Gasteiger partial charge >= 0.3 is 0 Å².